The number of ketones is 3. The van der Waals surface area contributed by atoms with E-state index in [9.17, 15) is 48.3 Å². The molecule has 13 nitrogen and oxygen atoms in total. The first-order valence-electron chi connectivity index (χ1n) is 8.40. The van der Waals surface area contributed by atoms with Crippen molar-refractivity contribution in [3.8, 4) is 0 Å². The maximum Gasteiger partial charge on any atom is 0.349 e. The van der Waals surface area contributed by atoms with E-state index < -0.39 is 70.1 Å². The number of esters is 6. The van der Waals surface area contributed by atoms with Gasteiger partial charge in [0.05, 0.1) is 0 Å². The van der Waals surface area contributed by atoms with Gasteiger partial charge in [-0.3, -0.25) is 33.6 Å². The molecule has 0 bridgehead atoms. The highest BCUT2D eigenvalue weighted by atomic mass is 16.6. The van der Waals surface area contributed by atoms with Crippen LogP contribution in [0.2, 0.25) is 0 Å². The second kappa shape index (κ2) is 9.93. The first-order chi connectivity index (χ1) is 14.0. The first kappa shape index (κ1) is 27.4. The zero-order chi connectivity index (χ0) is 24.9. The molecular weight excluding hydrogens is 424 g/mol. The van der Waals surface area contributed by atoms with Crippen LogP contribution in [-0.2, 0) is 57.4 Å². The van der Waals surface area contributed by atoms with E-state index in [4.69, 9.17) is 0 Å². The Labute approximate surface area is 175 Å². The Morgan fingerprint density at radius 3 is 1.26 bits per heavy atom. The molecule has 0 saturated heterocycles. The molecule has 0 rings (SSSR count). The normalized spacial score (nSPS) is 13.6. The van der Waals surface area contributed by atoms with E-state index in [0.717, 1.165) is 0 Å². The van der Waals surface area contributed by atoms with Gasteiger partial charge >= 0.3 is 35.8 Å². The third-order valence-electron chi connectivity index (χ3n) is 4.02. The lowest BCUT2D eigenvalue weighted by molar-refractivity contribution is -0.210. The summed E-state index contributed by atoms with van der Waals surface area (Å²) in [5.41, 5.74) is -7.82. The summed E-state index contributed by atoms with van der Waals surface area (Å²) < 4.78 is 12.6. The van der Waals surface area contributed by atoms with Gasteiger partial charge < -0.3 is 19.3 Å². The summed E-state index contributed by atoms with van der Waals surface area (Å²) in [4.78, 5) is 109. The molecule has 2 unspecified atom stereocenters. The molecule has 0 aromatic carbocycles. The zero-order valence-corrected chi connectivity index (χ0v) is 17.4. The fourth-order valence-corrected chi connectivity index (χ4v) is 2.96. The van der Waals surface area contributed by atoms with Gasteiger partial charge in [-0.05, 0) is 20.8 Å². The summed E-state index contributed by atoms with van der Waals surface area (Å²) in [6.07, 6.45) is 0. The molecule has 2 atom stereocenters. The molecule has 0 aliphatic heterocycles. The van der Waals surface area contributed by atoms with Gasteiger partial charge in [-0.2, -0.15) is 0 Å². The molecule has 0 aromatic heterocycles. The summed E-state index contributed by atoms with van der Waals surface area (Å²) in [5.74, 6) is -18.2. The van der Waals surface area contributed by atoms with Crippen molar-refractivity contribution in [3.63, 3.8) is 0 Å². The van der Waals surface area contributed by atoms with Crippen molar-refractivity contribution in [1.82, 2.24) is 0 Å². The molecule has 0 fully saturated rings. The van der Waals surface area contributed by atoms with Crippen molar-refractivity contribution in [3.05, 3.63) is 0 Å². The molecule has 0 amide bonds. The van der Waals surface area contributed by atoms with Gasteiger partial charge in [0, 0.05) is 20.8 Å². The quantitative estimate of drug-likeness (QED) is 0.254. The molecule has 13 heteroatoms. The van der Waals surface area contributed by atoms with Crippen LogP contribution in [0.15, 0.2) is 0 Å². The van der Waals surface area contributed by atoms with Gasteiger partial charge in [-0.25, -0.2) is 9.59 Å². The number of rotatable bonds is 8. The molecule has 170 valence electrons. The predicted molar refractivity (Wildman–Crippen MR) is 93.2 cm³/mol. The Morgan fingerprint density at radius 1 is 0.613 bits per heavy atom. The van der Waals surface area contributed by atoms with Crippen molar-refractivity contribution in [2.75, 3.05) is 0 Å². The molecule has 31 heavy (non-hydrogen) atoms. The van der Waals surface area contributed by atoms with Gasteiger partial charge in [0.2, 0.25) is 11.0 Å². The topological polar surface area (TPSA) is 202 Å². The average molecular weight is 444 g/mol. The second-order valence-corrected chi connectivity index (χ2v) is 6.35. The summed E-state index contributed by atoms with van der Waals surface area (Å²) in [6, 6.07) is 0. The number of carbonyl (C=O) groups excluding carboxylic acids is 9. The SMILES string of the molecule is CC(=O)OC(=O)C(C(C)=O)C(O)(C(=O)OC(C)=O)C(C(C)=O)(C(C)=O)C(=O)OC(C)=O. The minimum atomic E-state index is -4.08. The number of carbonyl (C=O) groups is 9. The molecular formula is C18H20O13. The second-order valence-electron chi connectivity index (χ2n) is 6.35. The van der Waals surface area contributed by atoms with E-state index in [1.165, 1.54) is 0 Å². The van der Waals surface area contributed by atoms with Crippen LogP contribution in [0.3, 0.4) is 0 Å². The number of hydrogen-bond acceptors (Lipinski definition) is 13. The zero-order valence-electron chi connectivity index (χ0n) is 17.4. The van der Waals surface area contributed by atoms with Crippen LogP contribution in [-0.4, -0.2) is 63.9 Å². The van der Waals surface area contributed by atoms with Gasteiger partial charge in [0.1, 0.15) is 5.78 Å². The summed E-state index contributed by atoms with van der Waals surface area (Å²) in [7, 11) is 0. The third-order valence-corrected chi connectivity index (χ3v) is 4.02. The predicted octanol–water partition coefficient (Wildman–Crippen LogP) is -1.64. The van der Waals surface area contributed by atoms with Crippen molar-refractivity contribution >= 4 is 53.2 Å². The number of ether oxygens (including phenoxy) is 3. The maximum atomic E-state index is 12.7. The van der Waals surface area contributed by atoms with Crippen molar-refractivity contribution < 1.29 is 62.5 Å². The monoisotopic (exact) mass is 444 g/mol. The van der Waals surface area contributed by atoms with E-state index in [-0.39, 0.29) is 0 Å². The minimum absolute atomic E-state index is 0.502. The van der Waals surface area contributed by atoms with E-state index >= 15 is 0 Å². The van der Waals surface area contributed by atoms with Gasteiger partial charge in [-0.15, -0.1) is 0 Å². The van der Waals surface area contributed by atoms with Crippen LogP contribution in [0, 0.1) is 11.3 Å². The number of Topliss-reactive ketones (excluding diaryl/α,β-unsaturated/α-hetero) is 3. The number of hydrogen-bond donors (Lipinski definition) is 1. The fraction of sp³-hybridized carbons (Fsp3) is 0.500. The maximum absolute atomic E-state index is 12.7. The Kier molecular flexibility index (Phi) is 8.77. The Balaban J connectivity index is 7.55. The van der Waals surface area contributed by atoms with E-state index in [2.05, 4.69) is 14.2 Å². The van der Waals surface area contributed by atoms with Crippen LogP contribution in [0.5, 0.6) is 0 Å². The largest absolute Gasteiger partial charge is 0.393 e. The molecule has 0 aliphatic carbocycles. The van der Waals surface area contributed by atoms with Gasteiger partial charge in [0.25, 0.3) is 0 Å². The fourth-order valence-electron chi connectivity index (χ4n) is 2.96. The Morgan fingerprint density at radius 2 is 0.968 bits per heavy atom. The molecule has 0 radical (unpaired) electrons. The van der Waals surface area contributed by atoms with Crippen LogP contribution < -0.4 is 0 Å². The molecule has 1 N–H and O–H groups in total. The van der Waals surface area contributed by atoms with Crippen LogP contribution in [0.4, 0.5) is 0 Å². The third kappa shape index (κ3) is 5.12. The van der Waals surface area contributed by atoms with E-state index in [0.29, 0.717) is 41.5 Å². The lowest BCUT2D eigenvalue weighted by Gasteiger charge is -2.41. The molecule has 0 aromatic rings. The van der Waals surface area contributed by atoms with Crippen LogP contribution in [0.1, 0.15) is 41.5 Å². The first-order valence-corrected chi connectivity index (χ1v) is 8.40. The van der Waals surface area contributed by atoms with Gasteiger partial charge in [0.15, 0.2) is 17.5 Å². The van der Waals surface area contributed by atoms with E-state index in [1.54, 1.807) is 0 Å². The Hall–Kier alpha value is -3.61. The lowest BCUT2D eigenvalue weighted by atomic mass is 9.60. The highest BCUT2D eigenvalue weighted by molar-refractivity contribution is 6.28. The van der Waals surface area contributed by atoms with Crippen molar-refractivity contribution in [2.24, 2.45) is 11.3 Å². The molecule has 0 aliphatic rings. The average Bonchev–Trinajstić information content (AvgIpc) is 2.51. The highest BCUT2D eigenvalue weighted by Crippen LogP contribution is 2.43. The van der Waals surface area contributed by atoms with Crippen LogP contribution in [0.25, 0.3) is 0 Å². The molecule has 0 spiro atoms. The minimum Gasteiger partial charge on any atom is -0.393 e. The van der Waals surface area contributed by atoms with E-state index in [1.807, 2.05) is 0 Å². The Bertz CT molecular complexity index is 864. The van der Waals surface area contributed by atoms with Crippen molar-refractivity contribution in [2.45, 2.75) is 47.1 Å². The standard InChI is InChI=1S/C18H20O13/c1-7(19)13(14(25)29-10(4)22)18(28,16(27)31-12(6)24)17(8(2)20,9(3)21)15(26)30-11(5)23/h13,28H,1-6H3. The summed E-state index contributed by atoms with van der Waals surface area (Å²) in [5, 5.41) is 11.3. The molecule has 0 heterocycles. The highest BCUT2D eigenvalue weighted by Gasteiger charge is 2.75. The summed E-state index contributed by atoms with van der Waals surface area (Å²) >= 11 is 0. The summed E-state index contributed by atoms with van der Waals surface area (Å²) in [6.45, 7) is 3.60. The lowest BCUT2D eigenvalue weighted by Crippen LogP contribution is -2.71. The smallest absolute Gasteiger partial charge is 0.349 e. The van der Waals surface area contributed by atoms with Crippen molar-refractivity contribution in [1.29, 1.82) is 0 Å². The van der Waals surface area contributed by atoms with Gasteiger partial charge in [-0.1, -0.05) is 0 Å². The molecule has 0 saturated carbocycles. The van der Waals surface area contributed by atoms with Crippen LogP contribution >= 0.6 is 0 Å². The number of aliphatic hydroxyl groups is 1.